The van der Waals surface area contributed by atoms with Gasteiger partial charge in [0.2, 0.25) is 5.95 Å². The molecule has 158 valence electrons. The summed E-state index contributed by atoms with van der Waals surface area (Å²) in [5.74, 6) is 0.832. The molecule has 2 fully saturated rings. The average Bonchev–Trinajstić information content (AvgIpc) is 3.33. The molecule has 0 bridgehead atoms. The Labute approximate surface area is 178 Å². The largest absolute Gasteiger partial charge is 0.366 e. The number of benzene rings is 1. The van der Waals surface area contributed by atoms with E-state index in [4.69, 9.17) is 11.6 Å². The minimum atomic E-state index is -2.90. The van der Waals surface area contributed by atoms with Crippen LogP contribution in [0.5, 0.6) is 0 Å². The van der Waals surface area contributed by atoms with Crippen LogP contribution in [0.15, 0.2) is 35.3 Å². The molecule has 0 unspecified atom stereocenters. The number of piperazine rings is 1. The highest BCUT2D eigenvalue weighted by Crippen LogP contribution is 2.25. The van der Waals surface area contributed by atoms with Crippen LogP contribution in [0.2, 0.25) is 5.02 Å². The monoisotopic (exact) mass is 448 g/mol. The maximum Gasteiger partial charge on any atom is 0.295 e. The van der Waals surface area contributed by atoms with Gasteiger partial charge in [-0.05, 0) is 18.6 Å². The van der Waals surface area contributed by atoms with Crippen molar-refractivity contribution in [1.29, 1.82) is 0 Å². The standard InChI is InChI=1S/C19H21ClN6O3S/c20-17-16(25-8-6-24(7-9-25)13-5-10-30(28,29)12-13)11-21-26(18(17)27)19-22-14-3-1-2-4-15(14)23-19/h1-4,11,13H,5-10,12H2,(H,22,23)/t13-/m0/s1. The molecule has 9 nitrogen and oxygen atoms in total. The van der Waals surface area contributed by atoms with Crippen LogP contribution in [0.3, 0.4) is 0 Å². The number of nitrogens with zero attached hydrogens (tertiary/aromatic N) is 5. The van der Waals surface area contributed by atoms with Gasteiger partial charge in [-0.25, -0.2) is 13.4 Å². The second-order valence-corrected chi connectivity index (χ2v) is 10.3. The Hall–Kier alpha value is -2.43. The molecule has 3 aromatic rings. The molecule has 0 aliphatic carbocycles. The molecule has 4 heterocycles. The van der Waals surface area contributed by atoms with Crippen molar-refractivity contribution in [2.45, 2.75) is 12.5 Å². The van der Waals surface area contributed by atoms with Crippen molar-refractivity contribution in [3.63, 3.8) is 0 Å². The van der Waals surface area contributed by atoms with Gasteiger partial charge in [0.05, 0.1) is 34.4 Å². The number of H-pyrrole nitrogens is 1. The number of anilines is 1. The number of nitrogens with one attached hydrogen (secondary N) is 1. The highest BCUT2D eigenvalue weighted by molar-refractivity contribution is 7.91. The van der Waals surface area contributed by atoms with E-state index in [0.717, 1.165) is 24.1 Å². The van der Waals surface area contributed by atoms with Crippen LogP contribution in [-0.4, -0.2) is 76.8 Å². The quantitative estimate of drug-likeness (QED) is 0.639. The van der Waals surface area contributed by atoms with Gasteiger partial charge in [0.1, 0.15) is 5.02 Å². The third-order valence-electron chi connectivity index (χ3n) is 5.86. The number of imidazole rings is 1. The average molecular weight is 449 g/mol. The molecule has 2 saturated heterocycles. The molecule has 2 aromatic heterocycles. The Morgan fingerprint density at radius 2 is 1.90 bits per heavy atom. The van der Waals surface area contributed by atoms with Crippen molar-refractivity contribution < 1.29 is 8.42 Å². The van der Waals surface area contributed by atoms with Gasteiger partial charge in [0.15, 0.2) is 9.84 Å². The number of halogens is 1. The van der Waals surface area contributed by atoms with Crippen LogP contribution in [-0.2, 0) is 9.84 Å². The lowest BCUT2D eigenvalue weighted by Gasteiger charge is -2.38. The molecule has 0 spiro atoms. The summed E-state index contributed by atoms with van der Waals surface area (Å²) >= 11 is 6.43. The van der Waals surface area contributed by atoms with Gasteiger partial charge in [0.25, 0.3) is 5.56 Å². The van der Waals surface area contributed by atoms with Crippen molar-refractivity contribution in [3.8, 4) is 5.95 Å². The number of hydrogen-bond donors (Lipinski definition) is 1. The van der Waals surface area contributed by atoms with Gasteiger partial charge in [-0.15, -0.1) is 0 Å². The van der Waals surface area contributed by atoms with Crippen LogP contribution in [0.25, 0.3) is 17.0 Å². The summed E-state index contributed by atoms with van der Waals surface area (Å²) in [7, 11) is -2.90. The van der Waals surface area contributed by atoms with Gasteiger partial charge in [-0.2, -0.15) is 9.78 Å². The Balaban J connectivity index is 1.35. The molecule has 0 saturated carbocycles. The normalized spacial score (nSPS) is 22.0. The van der Waals surface area contributed by atoms with E-state index in [0.29, 0.717) is 31.1 Å². The molecule has 1 N–H and O–H groups in total. The predicted octanol–water partition coefficient (Wildman–Crippen LogP) is 1.07. The molecule has 1 atom stereocenters. The fourth-order valence-electron chi connectivity index (χ4n) is 4.23. The number of rotatable bonds is 3. The van der Waals surface area contributed by atoms with E-state index in [-0.39, 0.29) is 22.6 Å². The van der Waals surface area contributed by atoms with E-state index in [1.54, 1.807) is 6.20 Å². The zero-order valence-corrected chi connectivity index (χ0v) is 17.7. The molecule has 2 aliphatic rings. The van der Waals surface area contributed by atoms with Crippen LogP contribution in [0, 0.1) is 0 Å². The van der Waals surface area contributed by atoms with Crippen molar-refractivity contribution in [2.75, 3.05) is 42.6 Å². The molecule has 1 aromatic carbocycles. The maximum absolute atomic E-state index is 12.9. The lowest BCUT2D eigenvalue weighted by Crippen LogP contribution is -2.51. The highest BCUT2D eigenvalue weighted by atomic mass is 35.5. The third-order valence-corrected chi connectivity index (χ3v) is 7.96. The predicted molar refractivity (Wildman–Crippen MR) is 115 cm³/mol. The summed E-state index contributed by atoms with van der Waals surface area (Å²) in [6, 6.07) is 7.58. The third kappa shape index (κ3) is 3.48. The molecule has 0 radical (unpaired) electrons. The first kappa shape index (κ1) is 19.5. The minimum absolute atomic E-state index is 0.0897. The maximum atomic E-state index is 12.9. The molecular weight excluding hydrogens is 428 g/mol. The lowest BCUT2D eigenvalue weighted by atomic mass is 10.2. The van der Waals surface area contributed by atoms with E-state index in [1.165, 1.54) is 4.68 Å². The Bertz CT molecular complexity index is 1230. The van der Waals surface area contributed by atoms with E-state index >= 15 is 0 Å². The van der Waals surface area contributed by atoms with Gasteiger partial charge in [0, 0.05) is 32.2 Å². The zero-order valence-electron chi connectivity index (χ0n) is 16.2. The SMILES string of the molecule is O=c1c(Cl)c(N2CCN([C@H]3CCS(=O)(=O)C3)CC2)cnn1-c1nc2ccccc2[nH]1. The van der Waals surface area contributed by atoms with Crippen molar-refractivity contribution in [2.24, 2.45) is 0 Å². The zero-order chi connectivity index (χ0) is 20.9. The molecule has 30 heavy (non-hydrogen) atoms. The van der Waals surface area contributed by atoms with Crippen LogP contribution in [0.4, 0.5) is 5.69 Å². The number of para-hydroxylation sites is 2. The number of aromatic amines is 1. The Kier molecular flexibility index (Phi) is 4.79. The lowest BCUT2D eigenvalue weighted by molar-refractivity contribution is 0.200. The van der Waals surface area contributed by atoms with E-state index in [1.807, 2.05) is 29.2 Å². The summed E-state index contributed by atoms with van der Waals surface area (Å²) in [5.41, 5.74) is 1.71. The van der Waals surface area contributed by atoms with Crippen LogP contribution < -0.4 is 10.5 Å². The van der Waals surface area contributed by atoms with Crippen molar-refractivity contribution >= 4 is 38.2 Å². The summed E-state index contributed by atoms with van der Waals surface area (Å²) in [6.07, 6.45) is 2.28. The van der Waals surface area contributed by atoms with Gasteiger partial charge in [-0.1, -0.05) is 23.7 Å². The molecule has 2 aliphatic heterocycles. The number of hydrogen-bond acceptors (Lipinski definition) is 7. The van der Waals surface area contributed by atoms with E-state index in [2.05, 4.69) is 20.0 Å². The summed E-state index contributed by atoms with van der Waals surface area (Å²) in [5, 5.41) is 4.39. The minimum Gasteiger partial charge on any atom is -0.366 e. The number of fused-ring (bicyclic) bond motifs is 1. The van der Waals surface area contributed by atoms with Crippen molar-refractivity contribution in [3.05, 3.63) is 45.8 Å². The Morgan fingerprint density at radius 3 is 2.60 bits per heavy atom. The first-order valence-electron chi connectivity index (χ1n) is 9.84. The summed E-state index contributed by atoms with van der Waals surface area (Å²) < 4.78 is 24.7. The first-order chi connectivity index (χ1) is 14.4. The Morgan fingerprint density at radius 1 is 1.13 bits per heavy atom. The first-order valence-corrected chi connectivity index (χ1v) is 12.0. The molecular formula is C19H21ClN6O3S. The number of sulfone groups is 1. The smallest absolute Gasteiger partial charge is 0.295 e. The van der Waals surface area contributed by atoms with Crippen LogP contribution in [0.1, 0.15) is 6.42 Å². The fourth-order valence-corrected chi connectivity index (χ4v) is 6.24. The van der Waals surface area contributed by atoms with Gasteiger partial charge < -0.3 is 9.88 Å². The highest BCUT2D eigenvalue weighted by Gasteiger charge is 2.34. The topological polar surface area (TPSA) is 104 Å². The van der Waals surface area contributed by atoms with E-state index in [9.17, 15) is 13.2 Å². The molecule has 0 amide bonds. The van der Waals surface area contributed by atoms with Crippen molar-refractivity contribution in [1.82, 2.24) is 24.6 Å². The second kappa shape index (κ2) is 7.36. The van der Waals surface area contributed by atoms with E-state index < -0.39 is 15.4 Å². The molecule has 11 heteroatoms. The summed E-state index contributed by atoms with van der Waals surface area (Å²) in [4.78, 5) is 24.6. The number of aromatic nitrogens is 4. The summed E-state index contributed by atoms with van der Waals surface area (Å²) in [6.45, 7) is 2.77. The molecule has 5 rings (SSSR count). The van der Waals surface area contributed by atoms with Gasteiger partial charge in [-0.3, -0.25) is 9.69 Å². The van der Waals surface area contributed by atoms with Crippen LogP contribution >= 0.6 is 11.6 Å². The fraction of sp³-hybridized carbons (Fsp3) is 0.421. The second-order valence-electron chi connectivity index (χ2n) is 7.72. The van der Waals surface area contributed by atoms with Gasteiger partial charge >= 0.3 is 0 Å².